The van der Waals surface area contributed by atoms with Gasteiger partial charge in [-0.1, -0.05) is 0 Å². The van der Waals surface area contributed by atoms with Crippen molar-refractivity contribution >= 4 is 21.5 Å². The lowest BCUT2D eigenvalue weighted by Crippen LogP contribution is -2.37. The summed E-state index contributed by atoms with van der Waals surface area (Å²) in [7, 11) is -2.90. The van der Waals surface area contributed by atoms with E-state index in [-0.39, 0.29) is 23.1 Å². The minimum Gasteiger partial charge on any atom is -0.365 e. The summed E-state index contributed by atoms with van der Waals surface area (Å²) in [6, 6.07) is 1.90. The molecule has 1 aliphatic heterocycles. The molecule has 7 heteroatoms. The van der Waals surface area contributed by atoms with Crippen LogP contribution in [0.3, 0.4) is 0 Å². The molecule has 0 radical (unpaired) electrons. The smallest absolute Gasteiger partial charge is 0.152 e. The van der Waals surface area contributed by atoms with Crippen molar-refractivity contribution in [1.29, 1.82) is 0 Å². The van der Waals surface area contributed by atoms with Crippen LogP contribution in [0.25, 0.3) is 0 Å². The quantitative estimate of drug-likeness (QED) is 0.912. The molecule has 1 atom stereocenters. The van der Waals surface area contributed by atoms with Gasteiger partial charge >= 0.3 is 0 Å². The number of nitrogens with one attached hydrogen (secondary N) is 1. The normalized spacial score (nSPS) is 21.2. The van der Waals surface area contributed by atoms with E-state index in [1.54, 1.807) is 0 Å². The van der Waals surface area contributed by atoms with E-state index in [4.69, 9.17) is 0 Å². The van der Waals surface area contributed by atoms with Gasteiger partial charge < -0.3 is 10.2 Å². The number of anilines is 2. The van der Waals surface area contributed by atoms with Gasteiger partial charge in [0.1, 0.15) is 18.0 Å². The lowest BCUT2D eigenvalue weighted by atomic mass is 10.1. The molecule has 0 spiro atoms. The highest BCUT2D eigenvalue weighted by atomic mass is 32.2. The van der Waals surface area contributed by atoms with Gasteiger partial charge in [0.05, 0.1) is 11.5 Å². The maximum absolute atomic E-state index is 11.7. The van der Waals surface area contributed by atoms with Gasteiger partial charge in [0.15, 0.2) is 9.84 Å². The second-order valence-corrected chi connectivity index (χ2v) is 8.71. The molecule has 1 N–H and O–H groups in total. The number of nitrogens with zero attached hydrogens (tertiary/aromatic N) is 3. The SMILES string of the molecule is CCN(c1cc(NC(C)(C)C)ncn1)C1CCS(=O)(=O)C1. The first-order valence-electron chi connectivity index (χ1n) is 7.27. The first-order valence-corrected chi connectivity index (χ1v) is 9.09. The molecule has 0 amide bonds. The molecule has 1 fully saturated rings. The van der Waals surface area contributed by atoms with Crippen molar-refractivity contribution in [3.8, 4) is 0 Å². The molecule has 2 rings (SSSR count). The molecule has 0 aromatic carbocycles. The Morgan fingerprint density at radius 3 is 2.62 bits per heavy atom. The van der Waals surface area contributed by atoms with Gasteiger partial charge in [-0.15, -0.1) is 0 Å². The minimum atomic E-state index is -2.90. The van der Waals surface area contributed by atoms with Crippen molar-refractivity contribution in [3.63, 3.8) is 0 Å². The molecule has 1 unspecified atom stereocenters. The van der Waals surface area contributed by atoms with Gasteiger partial charge in [-0.2, -0.15) is 0 Å². The summed E-state index contributed by atoms with van der Waals surface area (Å²) in [6.45, 7) is 8.94. The van der Waals surface area contributed by atoms with Crippen LogP contribution in [0.15, 0.2) is 12.4 Å². The summed E-state index contributed by atoms with van der Waals surface area (Å²) in [5.74, 6) is 2.02. The van der Waals surface area contributed by atoms with Crippen molar-refractivity contribution in [2.45, 2.75) is 45.7 Å². The average Bonchev–Trinajstić information content (AvgIpc) is 2.69. The Balaban J connectivity index is 2.21. The predicted octanol–water partition coefficient (Wildman–Crippen LogP) is 1.70. The average molecular weight is 312 g/mol. The molecule has 0 saturated carbocycles. The molecule has 6 nitrogen and oxygen atoms in total. The Bertz CT molecular complexity index is 595. The highest BCUT2D eigenvalue weighted by Crippen LogP contribution is 2.24. The summed E-state index contributed by atoms with van der Waals surface area (Å²) in [5.41, 5.74) is -0.0840. The van der Waals surface area contributed by atoms with Crippen molar-refractivity contribution in [1.82, 2.24) is 9.97 Å². The zero-order chi connectivity index (χ0) is 15.7. The molecule has 1 aliphatic rings. The van der Waals surface area contributed by atoms with E-state index in [1.165, 1.54) is 6.33 Å². The third-order valence-electron chi connectivity index (χ3n) is 3.44. The standard InChI is InChI=1S/C14H24N4O2S/c1-5-18(11-6-7-21(19,20)9-11)13-8-12(15-10-16-13)17-14(2,3)4/h8,10-11H,5-7,9H2,1-4H3,(H,15,16,17). The van der Waals surface area contributed by atoms with E-state index in [0.717, 1.165) is 18.2 Å². The third kappa shape index (κ3) is 4.30. The van der Waals surface area contributed by atoms with Crippen molar-refractivity contribution in [3.05, 3.63) is 12.4 Å². The van der Waals surface area contributed by atoms with Gasteiger partial charge in [-0.25, -0.2) is 18.4 Å². The lowest BCUT2D eigenvalue weighted by molar-refractivity contribution is 0.599. The van der Waals surface area contributed by atoms with E-state index < -0.39 is 9.84 Å². The van der Waals surface area contributed by atoms with Crippen LogP contribution in [0.4, 0.5) is 11.6 Å². The second kappa shape index (κ2) is 5.79. The Labute approximate surface area is 126 Å². The van der Waals surface area contributed by atoms with Crippen LogP contribution >= 0.6 is 0 Å². The fraction of sp³-hybridized carbons (Fsp3) is 0.714. The number of hydrogen-bond donors (Lipinski definition) is 1. The van der Waals surface area contributed by atoms with E-state index in [9.17, 15) is 8.42 Å². The first kappa shape index (κ1) is 16.0. The van der Waals surface area contributed by atoms with E-state index in [0.29, 0.717) is 6.42 Å². The maximum Gasteiger partial charge on any atom is 0.152 e. The monoisotopic (exact) mass is 312 g/mol. The Morgan fingerprint density at radius 1 is 1.38 bits per heavy atom. The summed E-state index contributed by atoms with van der Waals surface area (Å²) < 4.78 is 23.4. The fourth-order valence-corrected chi connectivity index (χ4v) is 4.32. The van der Waals surface area contributed by atoms with Gasteiger partial charge in [0.25, 0.3) is 0 Å². The minimum absolute atomic E-state index is 0.0115. The summed E-state index contributed by atoms with van der Waals surface area (Å²) in [5, 5.41) is 3.31. The summed E-state index contributed by atoms with van der Waals surface area (Å²) in [6.07, 6.45) is 2.19. The third-order valence-corrected chi connectivity index (χ3v) is 5.19. The maximum atomic E-state index is 11.7. The fourth-order valence-electron chi connectivity index (χ4n) is 2.59. The van der Waals surface area contributed by atoms with Gasteiger partial charge in [-0.05, 0) is 34.1 Å². The molecule has 2 heterocycles. The molecule has 21 heavy (non-hydrogen) atoms. The van der Waals surface area contributed by atoms with E-state index in [1.807, 2.05) is 13.0 Å². The van der Waals surface area contributed by atoms with Crippen LogP contribution in [0.5, 0.6) is 0 Å². The zero-order valence-electron chi connectivity index (χ0n) is 13.1. The predicted molar refractivity (Wildman–Crippen MR) is 85.5 cm³/mol. The zero-order valence-corrected chi connectivity index (χ0v) is 13.9. The van der Waals surface area contributed by atoms with Crippen LogP contribution in [0.1, 0.15) is 34.1 Å². The molecule has 0 aliphatic carbocycles. The number of rotatable bonds is 4. The summed E-state index contributed by atoms with van der Waals surface area (Å²) >= 11 is 0. The second-order valence-electron chi connectivity index (χ2n) is 6.48. The summed E-state index contributed by atoms with van der Waals surface area (Å²) in [4.78, 5) is 10.6. The largest absolute Gasteiger partial charge is 0.365 e. The van der Waals surface area contributed by atoms with Crippen molar-refractivity contribution in [2.75, 3.05) is 28.3 Å². The van der Waals surface area contributed by atoms with E-state index in [2.05, 4.69) is 41.0 Å². The van der Waals surface area contributed by atoms with Crippen LogP contribution in [-0.2, 0) is 9.84 Å². The Morgan fingerprint density at radius 2 is 2.10 bits per heavy atom. The number of aromatic nitrogens is 2. The lowest BCUT2D eigenvalue weighted by Gasteiger charge is -2.28. The highest BCUT2D eigenvalue weighted by Gasteiger charge is 2.32. The van der Waals surface area contributed by atoms with Gasteiger partial charge in [0.2, 0.25) is 0 Å². The van der Waals surface area contributed by atoms with Gasteiger partial charge in [-0.3, -0.25) is 0 Å². The first-order chi connectivity index (χ1) is 9.70. The Kier molecular flexibility index (Phi) is 4.41. The highest BCUT2D eigenvalue weighted by molar-refractivity contribution is 7.91. The molecule has 1 saturated heterocycles. The Hall–Kier alpha value is -1.37. The number of hydrogen-bond acceptors (Lipinski definition) is 6. The molecule has 118 valence electrons. The van der Waals surface area contributed by atoms with Crippen LogP contribution in [0.2, 0.25) is 0 Å². The molecular weight excluding hydrogens is 288 g/mol. The van der Waals surface area contributed by atoms with Crippen LogP contribution in [-0.4, -0.2) is 48.0 Å². The topological polar surface area (TPSA) is 75.2 Å². The molecule has 1 aromatic rings. The number of sulfone groups is 1. The van der Waals surface area contributed by atoms with Crippen LogP contribution < -0.4 is 10.2 Å². The van der Waals surface area contributed by atoms with Crippen LogP contribution in [0, 0.1) is 0 Å². The molecular formula is C14H24N4O2S. The van der Waals surface area contributed by atoms with Gasteiger partial charge in [0, 0.05) is 24.2 Å². The van der Waals surface area contributed by atoms with Crippen molar-refractivity contribution < 1.29 is 8.42 Å². The van der Waals surface area contributed by atoms with Crippen molar-refractivity contribution in [2.24, 2.45) is 0 Å². The molecule has 1 aromatic heterocycles. The van der Waals surface area contributed by atoms with E-state index >= 15 is 0 Å². The molecule has 0 bridgehead atoms.